The highest BCUT2D eigenvalue weighted by atomic mass is 32.2. The Balaban J connectivity index is 1.74. The summed E-state index contributed by atoms with van der Waals surface area (Å²) in [6, 6.07) is 15.7. The van der Waals surface area contributed by atoms with E-state index in [1.807, 2.05) is 75.3 Å². The van der Waals surface area contributed by atoms with Gasteiger partial charge in [-0.25, -0.2) is 4.98 Å². The van der Waals surface area contributed by atoms with Crippen molar-refractivity contribution in [3.8, 4) is 6.07 Å². The van der Waals surface area contributed by atoms with Crippen LogP contribution < -0.4 is 10.2 Å². The molecule has 0 aliphatic carbocycles. The van der Waals surface area contributed by atoms with E-state index in [9.17, 15) is 10.1 Å². The van der Waals surface area contributed by atoms with Gasteiger partial charge in [-0.2, -0.15) is 5.26 Å². The van der Waals surface area contributed by atoms with E-state index >= 15 is 0 Å². The molecule has 1 aromatic heterocycles. The summed E-state index contributed by atoms with van der Waals surface area (Å²) in [4.78, 5) is 19.0. The maximum atomic E-state index is 12.3. The summed E-state index contributed by atoms with van der Waals surface area (Å²) in [5.74, 6) is 0.0578. The molecule has 1 amide bonds. The third-order valence-electron chi connectivity index (χ3n) is 4.60. The van der Waals surface area contributed by atoms with Crippen LogP contribution in [-0.4, -0.2) is 30.7 Å². The minimum absolute atomic E-state index is 0.130. The van der Waals surface area contributed by atoms with Gasteiger partial charge in [0.25, 0.3) is 0 Å². The number of hydrogen-bond acceptors (Lipinski definition) is 5. The van der Waals surface area contributed by atoms with Crippen LogP contribution in [0.1, 0.15) is 16.7 Å². The van der Waals surface area contributed by atoms with Crippen molar-refractivity contribution in [3.63, 3.8) is 0 Å². The summed E-state index contributed by atoms with van der Waals surface area (Å²) in [5.41, 5.74) is 5.42. The van der Waals surface area contributed by atoms with Gasteiger partial charge in [0.05, 0.1) is 16.8 Å². The van der Waals surface area contributed by atoms with Gasteiger partial charge in [0.15, 0.2) is 0 Å². The van der Waals surface area contributed by atoms with Gasteiger partial charge in [0, 0.05) is 30.9 Å². The van der Waals surface area contributed by atoms with E-state index < -0.39 is 0 Å². The first-order chi connectivity index (χ1) is 13.4. The molecule has 2 aromatic carbocycles. The predicted molar refractivity (Wildman–Crippen MR) is 116 cm³/mol. The van der Waals surface area contributed by atoms with Gasteiger partial charge in [-0.1, -0.05) is 23.9 Å². The Morgan fingerprint density at radius 1 is 1.18 bits per heavy atom. The lowest BCUT2D eigenvalue weighted by Gasteiger charge is -2.13. The zero-order chi connectivity index (χ0) is 20.3. The largest absolute Gasteiger partial charge is 0.378 e. The van der Waals surface area contributed by atoms with Crippen molar-refractivity contribution in [2.75, 3.05) is 30.1 Å². The third kappa shape index (κ3) is 4.26. The van der Waals surface area contributed by atoms with Crippen LogP contribution in [0.25, 0.3) is 10.9 Å². The zero-order valence-corrected chi connectivity index (χ0v) is 17.2. The first-order valence-corrected chi connectivity index (χ1v) is 9.88. The molecule has 3 aromatic rings. The van der Waals surface area contributed by atoms with E-state index in [4.69, 9.17) is 0 Å². The summed E-state index contributed by atoms with van der Waals surface area (Å²) >= 11 is 1.28. The second kappa shape index (κ2) is 8.32. The number of nitrogens with one attached hydrogen (secondary N) is 1. The van der Waals surface area contributed by atoms with Crippen molar-refractivity contribution in [1.29, 1.82) is 5.26 Å². The number of aromatic nitrogens is 1. The Kier molecular flexibility index (Phi) is 5.86. The molecule has 0 aliphatic rings. The predicted octanol–water partition coefficient (Wildman–Crippen LogP) is 4.52. The highest BCUT2D eigenvalue weighted by molar-refractivity contribution is 8.00. The van der Waals surface area contributed by atoms with E-state index in [0.717, 1.165) is 33.4 Å². The summed E-state index contributed by atoms with van der Waals surface area (Å²) in [7, 11) is 3.94. The minimum atomic E-state index is -0.130. The number of carbonyl (C=O) groups excluding carboxylic acids is 1. The summed E-state index contributed by atoms with van der Waals surface area (Å²) in [6.07, 6.45) is 0. The number of carbonyl (C=O) groups is 1. The average molecular weight is 391 g/mol. The number of amides is 1. The Hall–Kier alpha value is -3.04. The topological polar surface area (TPSA) is 69.0 Å². The van der Waals surface area contributed by atoms with Gasteiger partial charge in [0.2, 0.25) is 5.91 Å². The molecule has 0 saturated carbocycles. The van der Waals surface area contributed by atoms with Crippen LogP contribution >= 0.6 is 11.8 Å². The number of benzene rings is 2. The van der Waals surface area contributed by atoms with E-state index in [-0.39, 0.29) is 11.7 Å². The average Bonchev–Trinajstić information content (AvgIpc) is 2.69. The molecule has 1 N–H and O–H groups in total. The standard InChI is InChI=1S/C22H22N4OS/c1-14-5-6-16-11-17(12-23)22(25-21(16)15(14)2)28-13-20(27)24-18-7-9-19(10-8-18)26(3)4/h5-11H,13H2,1-4H3,(H,24,27). The van der Waals surface area contributed by atoms with Crippen LogP contribution in [0.15, 0.2) is 47.5 Å². The molecule has 142 valence electrons. The first-order valence-electron chi connectivity index (χ1n) is 8.90. The molecule has 0 saturated heterocycles. The molecule has 5 nitrogen and oxygen atoms in total. The van der Waals surface area contributed by atoms with E-state index in [0.29, 0.717) is 10.6 Å². The molecule has 1 heterocycles. The van der Waals surface area contributed by atoms with E-state index in [1.165, 1.54) is 11.8 Å². The monoisotopic (exact) mass is 390 g/mol. The number of hydrogen-bond donors (Lipinski definition) is 1. The summed E-state index contributed by atoms with van der Waals surface area (Å²) in [5, 5.41) is 13.9. The molecule has 6 heteroatoms. The fourth-order valence-electron chi connectivity index (χ4n) is 2.83. The van der Waals surface area contributed by atoms with Crippen LogP contribution in [0.3, 0.4) is 0 Å². The smallest absolute Gasteiger partial charge is 0.234 e. The van der Waals surface area contributed by atoms with Gasteiger partial charge in [-0.15, -0.1) is 0 Å². The maximum absolute atomic E-state index is 12.3. The Morgan fingerprint density at radius 2 is 1.89 bits per heavy atom. The van der Waals surface area contributed by atoms with Crippen LogP contribution in [0.5, 0.6) is 0 Å². The number of pyridine rings is 1. The minimum Gasteiger partial charge on any atom is -0.378 e. The number of anilines is 2. The molecular weight excluding hydrogens is 368 g/mol. The lowest BCUT2D eigenvalue weighted by Crippen LogP contribution is -2.14. The van der Waals surface area contributed by atoms with Gasteiger partial charge in [-0.3, -0.25) is 4.79 Å². The van der Waals surface area contributed by atoms with Crippen molar-refractivity contribution >= 4 is 39.9 Å². The molecule has 0 spiro atoms. The van der Waals surface area contributed by atoms with Crippen LogP contribution in [0.2, 0.25) is 0 Å². The Morgan fingerprint density at radius 3 is 2.54 bits per heavy atom. The van der Waals surface area contributed by atoms with Gasteiger partial charge in [-0.05, 0) is 55.3 Å². The Labute approximate surface area is 169 Å². The second-order valence-electron chi connectivity index (χ2n) is 6.81. The Bertz CT molecular complexity index is 1070. The van der Waals surface area contributed by atoms with Crippen LogP contribution in [0, 0.1) is 25.2 Å². The highest BCUT2D eigenvalue weighted by Gasteiger charge is 2.12. The number of nitrogens with zero attached hydrogens (tertiary/aromatic N) is 3. The van der Waals surface area contributed by atoms with E-state index in [2.05, 4.69) is 16.4 Å². The maximum Gasteiger partial charge on any atom is 0.234 e. The number of aryl methyl sites for hydroxylation is 2. The lowest BCUT2D eigenvalue weighted by molar-refractivity contribution is -0.113. The molecule has 0 unspecified atom stereocenters. The molecule has 0 aliphatic heterocycles. The normalized spacial score (nSPS) is 10.5. The van der Waals surface area contributed by atoms with Crippen molar-refractivity contribution < 1.29 is 4.79 Å². The third-order valence-corrected chi connectivity index (χ3v) is 5.60. The van der Waals surface area contributed by atoms with Crippen molar-refractivity contribution in [2.45, 2.75) is 18.9 Å². The summed E-state index contributed by atoms with van der Waals surface area (Å²) < 4.78 is 0. The number of thioether (sulfide) groups is 1. The molecule has 0 radical (unpaired) electrons. The second-order valence-corrected chi connectivity index (χ2v) is 7.77. The van der Waals surface area contributed by atoms with Crippen molar-refractivity contribution in [2.24, 2.45) is 0 Å². The first kappa shape index (κ1) is 19.7. The lowest BCUT2D eigenvalue weighted by atomic mass is 10.0. The summed E-state index contributed by atoms with van der Waals surface area (Å²) in [6.45, 7) is 4.06. The molecule has 0 atom stereocenters. The van der Waals surface area contributed by atoms with Crippen LogP contribution in [-0.2, 0) is 4.79 Å². The quantitative estimate of drug-likeness (QED) is 0.649. The molecular formula is C22H22N4OS. The molecule has 28 heavy (non-hydrogen) atoms. The van der Waals surface area contributed by atoms with Crippen molar-refractivity contribution in [3.05, 3.63) is 59.2 Å². The fraction of sp³-hybridized carbons (Fsp3) is 0.227. The number of fused-ring (bicyclic) bond motifs is 1. The van der Waals surface area contributed by atoms with Crippen LogP contribution in [0.4, 0.5) is 11.4 Å². The zero-order valence-electron chi connectivity index (χ0n) is 16.4. The van der Waals surface area contributed by atoms with Gasteiger partial charge >= 0.3 is 0 Å². The van der Waals surface area contributed by atoms with E-state index in [1.54, 1.807) is 0 Å². The highest BCUT2D eigenvalue weighted by Crippen LogP contribution is 2.27. The number of nitriles is 1. The molecule has 3 rings (SSSR count). The SMILES string of the molecule is Cc1ccc2cc(C#N)c(SCC(=O)Nc3ccc(N(C)C)cc3)nc2c1C. The van der Waals surface area contributed by atoms with Gasteiger partial charge < -0.3 is 10.2 Å². The van der Waals surface area contributed by atoms with Gasteiger partial charge in [0.1, 0.15) is 11.1 Å². The molecule has 0 fully saturated rings. The van der Waals surface area contributed by atoms with Crippen molar-refractivity contribution in [1.82, 2.24) is 4.98 Å². The molecule has 0 bridgehead atoms. The fourth-order valence-corrected chi connectivity index (χ4v) is 3.59. The number of rotatable bonds is 5.